The van der Waals surface area contributed by atoms with Crippen molar-refractivity contribution in [2.75, 3.05) is 33.9 Å². The first-order valence-electron chi connectivity index (χ1n) is 6.02. The molecule has 1 aromatic rings. The minimum atomic E-state index is 0.765. The number of nitrogens with one attached hydrogen (secondary N) is 1. The van der Waals surface area contributed by atoms with Crippen molar-refractivity contribution < 1.29 is 9.47 Å². The van der Waals surface area contributed by atoms with Crippen molar-refractivity contribution in [2.45, 2.75) is 20.3 Å². The number of hydrogen-bond acceptors (Lipinski definition) is 3. The van der Waals surface area contributed by atoms with Gasteiger partial charge in [0.25, 0.3) is 0 Å². The number of hydrogen-bond donors (Lipinski definition) is 1. The molecule has 3 nitrogen and oxygen atoms in total. The minimum absolute atomic E-state index is 0.765. The third-order valence-electron chi connectivity index (χ3n) is 2.91. The molecule has 17 heavy (non-hydrogen) atoms. The van der Waals surface area contributed by atoms with Crippen molar-refractivity contribution in [2.24, 2.45) is 0 Å². The molecule has 0 bridgehead atoms. The molecule has 1 aromatic carbocycles. The summed E-state index contributed by atoms with van der Waals surface area (Å²) in [5, 5.41) is 3.35. The van der Waals surface area contributed by atoms with Crippen molar-refractivity contribution >= 4 is 0 Å². The molecule has 1 N–H and O–H groups in total. The molecular weight excluding hydrogens is 214 g/mol. The highest BCUT2D eigenvalue weighted by Crippen LogP contribution is 2.22. The highest BCUT2D eigenvalue weighted by atomic mass is 16.5. The fourth-order valence-electron chi connectivity index (χ4n) is 1.86. The number of aryl methyl sites for hydroxylation is 2. The average Bonchev–Trinajstić information content (AvgIpc) is 2.32. The lowest BCUT2D eigenvalue weighted by molar-refractivity contribution is 0.199. The van der Waals surface area contributed by atoms with Crippen molar-refractivity contribution in [3.63, 3.8) is 0 Å². The zero-order chi connectivity index (χ0) is 12.7. The van der Waals surface area contributed by atoms with Crippen LogP contribution in [0.2, 0.25) is 0 Å². The lowest BCUT2D eigenvalue weighted by Gasteiger charge is -2.11. The van der Waals surface area contributed by atoms with Crippen LogP contribution in [0.15, 0.2) is 12.1 Å². The third kappa shape index (κ3) is 4.36. The minimum Gasteiger partial charge on any atom is -0.496 e. The van der Waals surface area contributed by atoms with Gasteiger partial charge >= 0.3 is 0 Å². The third-order valence-corrected chi connectivity index (χ3v) is 2.91. The Morgan fingerprint density at radius 2 is 1.82 bits per heavy atom. The Bertz CT molecular complexity index is 350. The zero-order valence-corrected chi connectivity index (χ0v) is 11.3. The molecular formula is C14H23NO2. The predicted octanol–water partition coefficient (Wildman–Crippen LogP) is 2.09. The van der Waals surface area contributed by atoms with E-state index in [1.54, 1.807) is 14.2 Å². The summed E-state index contributed by atoms with van der Waals surface area (Å²) in [5.41, 5.74) is 3.87. The van der Waals surface area contributed by atoms with Gasteiger partial charge in [-0.1, -0.05) is 6.07 Å². The molecule has 3 heteroatoms. The SMILES string of the molecule is COCCNCCc1cc(C)c(OC)cc1C. The molecule has 0 aromatic heterocycles. The van der Waals surface area contributed by atoms with Crippen molar-refractivity contribution in [1.82, 2.24) is 5.32 Å². The number of methoxy groups -OCH3 is 2. The van der Waals surface area contributed by atoms with Gasteiger partial charge in [-0.25, -0.2) is 0 Å². The van der Waals surface area contributed by atoms with Crippen LogP contribution in [0.25, 0.3) is 0 Å². The van der Waals surface area contributed by atoms with Crippen LogP contribution in [0.5, 0.6) is 5.75 Å². The molecule has 0 atom stereocenters. The topological polar surface area (TPSA) is 30.5 Å². The van der Waals surface area contributed by atoms with Gasteiger partial charge in [0.15, 0.2) is 0 Å². The molecule has 0 saturated heterocycles. The van der Waals surface area contributed by atoms with Gasteiger partial charge in [0.2, 0.25) is 0 Å². The second kappa shape index (κ2) is 7.30. The predicted molar refractivity (Wildman–Crippen MR) is 70.9 cm³/mol. The van der Waals surface area contributed by atoms with E-state index in [1.165, 1.54) is 16.7 Å². The Balaban J connectivity index is 2.51. The maximum absolute atomic E-state index is 5.31. The summed E-state index contributed by atoms with van der Waals surface area (Å²) in [6.45, 7) is 6.87. The fraction of sp³-hybridized carbons (Fsp3) is 0.571. The summed E-state index contributed by atoms with van der Waals surface area (Å²) < 4.78 is 10.3. The van der Waals surface area contributed by atoms with Gasteiger partial charge in [-0.3, -0.25) is 0 Å². The molecule has 0 fully saturated rings. The van der Waals surface area contributed by atoms with Crippen LogP contribution in [0.3, 0.4) is 0 Å². The summed E-state index contributed by atoms with van der Waals surface area (Å²) >= 11 is 0. The van der Waals surface area contributed by atoms with E-state index in [0.717, 1.165) is 31.9 Å². The molecule has 0 unspecified atom stereocenters. The van der Waals surface area contributed by atoms with Crippen LogP contribution in [0.1, 0.15) is 16.7 Å². The summed E-state index contributed by atoms with van der Waals surface area (Å²) in [6, 6.07) is 4.33. The van der Waals surface area contributed by atoms with Gasteiger partial charge < -0.3 is 14.8 Å². The van der Waals surface area contributed by atoms with E-state index < -0.39 is 0 Å². The highest BCUT2D eigenvalue weighted by Gasteiger charge is 2.04. The Morgan fingerprint density at radius 3 is 2.47 bits per heavy atom. The fourth-order valence-corrected chi connectivity index (χ4v) is 1.86. The Kier molecular flexibility index (Phi) is 6.01. The van der Waals surface area contributed by atoms with Crippen LogP contribution in [-0.4, -0.2) is 33.9 Å². The molecule has 96 valence electrons. The van der Waals surface area contributed by atoms with E-state index in [2.05, 4.69) is 31.3 Å². The monoisotopic (exact) mass is 237 g/mol. The van der Waals surface area contributed by atoms with Gasteiger partial charge in [-0.05, 0) is 49.6 Å². The van der Waals surface area contributed by atoms with Crippen molar-refractivity contribution in [3.8, 4) is 5.75 Å². The summed E-state index contributed by atoms with van der Waals surface area (Å²) in [6.07, 6.45) is 1.04. The van der Waals surface area contributed by atoms with E-state index in [4.69, 9.17) is 9.47 Å². The number of rotatable bonds is 7. The molecule has 0 aliphatic rings. The molecule has 0 spiro atoms. The quantitative estimate of drug-likeness (QED) is 0.737. The molecule has 0 amide bonds. The van der Waals surface area contributed by atoms with Crippen molar-refractivity contribution in [3.05, 3.63) is 28.8 Å². The average molecular weight is 237 g/mol. The maximum atomic E-state index is 5.31. The molecule has 0 saturated carbocycles. The van der Waals surface area contributed by atoms with Gasteiger partial charge in [0.1, 0.15) is 5.75 Å². The molecule has 0 aliphatic carbocycles. The normalized spacial score (nSPS) is 10.6. The Labute approximate surface area is 104 Å². The Hall–Kier alpha value is -1.06. The second-order valence-corrected chi connectivity index (χ2v) is 4.24. The number of ether oxygens (including phenoxy) is 2. The first kappa shape index (κ1) is 14.0. The lowest BCUT2D eigenvalue weighted by Crippen LogP contribution is -2.22. The van der Waals surface area contributed by atoms with Gasteiger partial charge in [-0.15, -0.1) is 0 Å². The first-order valence-corrected chi connectivity index (χ1v) is 6.02. The van der Waals surface area contributed by atoms with Crippen LogP contribution < -0.4 is 10.1 Å². The maximum Gasteiger partial charge on any atom is 0.122 e. The Morgan fingerprint density at radius 1 is 1.06 bits per heavy atom. The summed E-state index contributed by atoms with van der Waals surface area (Å²) in [4.78, 5) is 0. The van der Waals surface area contributed by atoms with E-state index >= 15 is 0 Å². The van der Waals surface area contributed by atoms with Gasteiger partial charge in [0.05, 0.1) is 13.7 Å². The molecule has 0 aliphatic heterocycles. The largest absolute Gasteiger partial charge is 0.496 e. The van der Waals surface area contributed by atoms with Crippen molar-refractivity contribution in [1.29, 1.82) is 0 Å². The van der Waals surface area contributed by atoms with E-state index in [1.807, 2.05) is 0 Å². The highest BCUT2D eigenvalue weighted by molar-refractivity contribution is 5.41. The van der Waals surface area contributed by atoms with Gasteiger partial charge in [-0.2, -0.15) is 0 Å². The lowest BCUT2D eigenvalue weighted by atomic mass is 10.0. The van der Waals surface area contributed by atoms with Gasteiger partial charge in [0, 0.05) is 13.7 Å². The van der Waals surface area contributed by atoms with E-state index in [9.17, 15) is 0 Å². The molecule has 1 rings (SSSR count). The van der Waals surface area contributed by atoms with Crippen LogP contribution in [0.4, 0.5) is 0 Å². The van der Waals surface area contributed by atoms with Crippen LogP contribution >= 0.6 is 0 Å². The van der Waals surface area contributed by atoms with E-state index in [-0.39, 0.29) is 0 Å². The standard InChI is InChI=1S/C14H23NO2/c1-11-10-14(17-4)12(2)9-13(11)5-6-15-7-8-16-3/h9-10,15H,5-8H2,1-4H3. The summed E-state index contributed by atoms with van der Waals surface area (Å²) in [5.74, 6) is 0.971. The van der Waals surface area contributed by atoms with Crippen LogP contribution in [-0.2, 0) is 11.2 Å². The molecule has 0 radical (unpaired) electrons. The van der Waals surface area contributed by atoms with Crippen LogP contribution in [0, 0.1) is 13.8 Å². The van der Waals surface area contributed by atoms with E-state index in [0.29, 0.717) is 0 Å². The molecule has 0 heterocycles. The zero-order valence-electron chi connectivity index (χ0n) is 11.3. The second-order valence-electron chi connectivity index (χ2n) is 4.24. The number of benzene rings is 1. The summed E-state index contributed by atoms with van der Waals surface area (Å²) in [7, 11) is 3.44. The first-order chi connectivity index (χ1) is 8.19. The smallest absolute Gasteiger partial charge is 0.122 e.